The van der Waals surface area contributed by atoms with Gasteiger partial charge in [0.05, 0.1) is 0 Å². The second kappa shape index (κ2) is 8.74. The number of fused-ring (bicyclic) bond motifs is 1. The minimum Gasteiger partial charge on any atom is -0.481 e. The SMILES string of the molecule is C=CC1CCC(c2ccc(-c3ccc4c(F)c(OCC(F)(F)F)ccc4c3)cc2)CC1. The Bertz CT molecular complexity index is 1060. The van der Waals surface area contributed by atoms with E-state index in [0.717, 1.165) is 11.1 Å². The summed E-state index contributed by atoms with van der Waals surface area (Å²) < 4.78 is 56.3. The standard InChI is InChI=1S/C26H24F4O/c1-2-17-3-5-18(6-4-17)19-7-9-20(10-8-19)21-11-13-23-22(15-21)12-14-24(25(23)27)31-16-26(28,29)30/h2,7-15,17-18H,1,3-6,16H2. The number of alkyl halides is 3. The number of ether oxygens (including phenoxy) is 1. The lowest BCUT2D eigenvalue weighted by Gasteiger charge is -2.27. The average Bonchev–Trinajstić information content (AvgIpc) is 2.78. The van der Waals surface area contributed by atoms with Crippen molar-refractivity contribution in [2.45, 2.75) is 37.8 Å². The zero-order valence-corrected chi connectivity index (χ0v) is 17.1. The Hall–Kier alpha value is -2.82. The maximum absolute atomic E-state index is 14.6. The van der Waals surface area contributed by atoms with Gasteiger partial charge in [0.1, 0.15) is 0 Å². The van der Waals surface area contributed by atoms with E-state index in [9.17, 15) is 17.6 Å². The zero-order valence-electron chi connectivity index (χ0n) is 17.1. The number of hydrogen-bond acceptors (Lipinski definition) is 1. The molecule has 0 atom stereocenters. The summed E-state index contributed by atoms with van der Waals surface area (Å²) in [6.45, 7) is 2.38. The van der Waals surface area contributed by atoms with E-state index in [1.807, 2.05) is 6.07 Å². The Morgan fingerprint density at radius 2 is 1.58 bits per heavy atom. The second-order valence-corrected chi connectivity index (χ2v) is 8.19. The first-order valence-electron chi connectivity index (χ1n) is 10.5. The van der Waals surface area contributed by atoms with Crippen LogP contribution in [0.4, 0.5) is 17.6 Å². The van der Waals surface area contributed by atoms with Gasteiger partial charge in [-0.25, -0.2) is 4.39 Å². The van der Waals surface area contributed by atoms with Crippen molar-refractivity contribution < 1.29 is 22.3 Å². The van der Waals surface area contributed by atoms with Crippen molar-refractivity contribution in [3.8, 4) is 16.9 Å². The van der Waals surface area contributed by atoms with Gasteiger partial charge in [-0.05, 0) is 71.7 Å². The van der Waals surface area contributed by atoms with Gasteiger partial charge < -0.3 is 4.74 Å². The summed E-state index contributed by atoms with van der Waals surface area (Å²) in [7, 11) is 0. The molecular weight excluding hydrogens is 404 g/mol. The highest BCUT2D eigenvalue weighted by Crippen LogP contribution is 2.37. The smallest absolute Gasteiger partial charge is 0.422 e. The van der Waals surface area contributed by atoms with Gasteiger partial charge in [0.15, 0.2) is 18.2 Å². The van der Waals surface area contributed by atoms with Crippen LogP contribution in [0.5, 0.6) is 5.75 Å². The van der Waals surface area contributed by atoms with Crippen molar-refractivity contribution in [2.24, 2.45) is 5.92 Å². The van der Waals surface area contributed by atoms with Crippen LogP contribution < -0.4 is 4.74 Å². The molecule has 0 bridgehead atoms. The fourth-order valence-corrected chi connectivity index (χ4v) is 4.36. The van der Waals surface area contributed by atoms with Gasteiger partial charge in [-0.3, -0.25) is 0 Å². The lowest BCUT2D eigenvalue weighted by atomic mass is 9.78. The highest BCUT2D eigenvalue weighted by atomic mass is 19.4. The number of benzene rings is 3. The summed E-state index contributed by atoms with van der Waals surface area (Å²) in [6, 6.07) is 16.5. The molecule has 0 unspecified atom stereocenters. The maximum atomic E-state index is 14.6. The first-order valence-corrected chi connectivity index (χ1v) is 10.5. The van der Waals surface area contributed by atoms with Gasteiger partial charge in [0, 0.05) is 5.39 Å². The van der Waals surface area contributed by atoms with E-state index in [4.69, 9.17) is 0 Å². The third kappa shape index (κ3) is 4.92. The molecule has 0 heterocycles. The van der Waals surface area contributed by atoms with Crippen molar-refractivity contribution in [1.82, 2.24) is 0 Å². The second-order valence-electron chi connectivity index (χ2n) is 8.19. The van der Waals surface area contributed by atoms with Crippen LogP contribution in [0.15, 0.2) is 67.3 Å². The Kier molecular flexibility index (Phi) is 6.03. The number of halogens is 4. The third-order valence-corrected chi connectivity index (χ3v) is 6.13. The molecule has 0 aromatic heterocycles. The summed E-state index contributed by atoms with van der Waals surface area (Å²) in [5.74, 6) is 0.0332. The van der Waals surface area contributed by atoms with Crippen molar-refractivity contribution in [3.63, 3.8) is 0 Å². The van der Waals surface area contributed by atoms with E-state index in [0.29, 0.717) is 17.2 Å². The average molecular weight is 428 g/mol. The van der Waals surface area contributed by atoms with Gasteiger partial charge in [0.2, 0.25) is 0 Å². The predicted molar refractivity (Wildman–Crippen MR) is 116 cm³/mol. The van der Waals surface area contributed by atoms with Gasteiger partial charge >= 0.3 is 6.18 Å². The van der Waals surface area contributed by atoms with Gasteiger partial charge in [-0.15, -0.1) is 6.58 Å². The molecule has 5 heteroatoms. The fourth-order valence-electron chi connectivity index (χ4n) is 4.36. The lowest BCUT2D eigenvalue weighted by molar-refractivity contribution is -0.153. The molecule has 1 fully saturated rings. The monoisotopic (exact) mass is 428 g/mol. The predicted octanol–water partition coefficient (Wildman–Crippen LogP) is 8.05. The minimum atomic E-state index is -4.51. The highest BCUT2D eigenvalue weighted by molar-refractivity contribution is 5.89. The first kappa shape index (κ1) is 21.4. The molecule has 0 saturated heterocycles. The molecule has 1 aliphatic carbocycles. The molecule has 4 rings (SSSR count). The molecule has 3 aromatic carbocycles. The molecule has 31 heavy (non-hydrogen) atoms. The Labute approximate surface area is 179 Å². The largest absolute Gasteiger partial charge is 0.481 e. The van der Waals surface area contributed by atoms with Crippen molar-refractivity contribution in [3.05, 3.63) is 78.6 Å². The third-order valence-electron chi connectivity index (χ3n) is 6.13. The van der Waals surface area contributed by atoms with Gasteiger partial charge in [0.25, 0.3) is 0 Å². The Balaban J connectivity index is 1.52. The maximum Gasteiger partial charge on any atom is 0.422 e. The van der Waals surface area contributed by atoms with Crippen LogP contribution >= 0.6 is 0 Å². The number of rotatable bonds is 5. The Morgan fingerprint density at radius 3 is 2.23 bits per heavy atom. The van der Waals surface area contributed by atoms with Gasteiger partial charge in [-0.1, -0.05) is 48.5 Å². The fraction of sp³-hybridized carbons (Fsp3) is 0.308. The molecule has 0 spiro atoms. The molecular formula is C26H24F4O. The molecule has 0 amide bonds. The number of hydrogen-bond donors (Lipinski definition) is 0. The van der Waals surface area contributed by atoms with E-state index < -0.39 is 24.3 Å². The van der Waals surface area contributed by atoms with Crippen molar-refractivity contribution in [2.75, 3.05) is 6.61 Å². The van der Waals surface area contributed by atoms with E-state index in [1.165, 1.54) is 37.3 Å². The van der Waals surface area contributed by atoms with Gasteiger partial charge in [-0.2, -0.15) is 13.2 Å². The number of allylic oxidation sites excluding steroid dienone is 1. The van der Waals surface area contributed by atoms with Crippen molar-refractivity contribution >= 4 is 10.8 Å². The molecule has 162 valence electrons. The quantitative estimate of drug-likeness (QED) is 0.295. The van der Waals surface area contributed by atoms with E-state index in [1.54, 1.807) is 18.2 Å². The normalized spacial score (nSPS) is 19.4. The first-order chi connectivity index (χ1) is 14.8. The summed E-state index contributed by atoms with van der Waals surface area (Å²) >= 11 is 0. The minimum absolute atomic E-state index is 0.235. The Morgan fingerprint density at radius 1 is 0.903 bits per heavy atom. The molecule has 0 N–H and O–H groups in total. The zero-order chi connectivity index (χ0) is 22.0. The van der Waals surface area contributed by atoms with E-state index in [2.05, 4.69) is 41.7 Å². The van der Waals surface area contributed by atoms with Crippen LogP contribution in [-0.4, -0.2) is 12.8 Å². The molecule has 1 aliphatic rings. The molecule has 1 saturated carbocycles. The summed E-state index contributed by atoms with van der Waals surface area (Å²) in [6.07, 6.45) is 2.26. The summed E-state index contributed by atoms with van der Waals surface area (Å²) in [5, 5.41) is 0.847. The summed E-state index contributed by atoms with van der Waals surface area (Å²) in [5.41, 5.74) is 3.28. The van der Waals surface area contributed by atoms with Crippen LogP contribution in [0.25, 0.3) is 21.9 Å². The molecule has 3 aromatic rings. The molecule has 0 aliphatic heterocycles. The van der Waals surface area contributed by atoms with Crippen molar-refractivity contribution in [1.29, 1.82) is 0 Å². The molecule has 0 radical (unpaired) electrons. The van der Waals surface area contributed by atoms with E-state index in [-0.39, 0.29) is 5.39 Å². The van der Waals surface area contributed by atoms with Crippen LogP contribution in [0, 0.1) is 11.7 Å². The van der Waals surface area contributed by atoms with Crippen LogP contribution in [0.1, 0.15) is 37.2 Å². The van der Waals surface area contributed by atoms with Crippen LogP contribution in [0.3, 0.4) is 0 Å². The van der Waals surface area contributed by atoms with E-state index >= 15 is 0 Å². The van der Waals surface area contributed by atoms with Crippen LogP contribution in [0.2, 0.25) is 0 Å². The highest BCUT2D eigenvalue weighted by Gasteiger charge is 2.29. The topological polar surface area (TPSA) is 9.23 Å². The molecule has 1 nitrogen and oxygen atoms in total. The summed E-state index contributed by atoms with van der Waals surface area (Å²) in [4.78, 5) is 0. The lowest BCUT2D eigenvalue weighted by Crippen LogP contribution is -2.19. The van der Waals surface area contributed by atoms with Crippen LogP contribution in [-0.2, 0) is 0 Å².